The maximum absolute atomic E-state index is 5.85. The molecule has 4 rings (SSSR count). The predicted molar refractivity (Wildman–Crippen MR) is 114 cm³/mol. The van der Waals surface area contributed by atoms with E-state index in [1.54, 1.807) is 21.3 Å². The SMILES string of the molecule is COc1ccc(-c2ccccc2)cc1-c1cc(OC)c2ccccc2c1OC. The molecule has 0 spiro atoms. The van der Waals surface area contributed by atoms with Crippen LogP contribution < -0.4 is 14.2 Å². The van der Waals surface area contributed by atoms with E-state index in [1.165, 1.54) is 0 Å². The zero-order valence-electron chi connectivity index (χ0n) is 16.2. The maximum atomic E-state index is 5.85. The van der Waals surface area contributed by atoms with Crippen LogP contribution in [0, 0.1) is 0 Å². The third kappa shape index (κ3) is 3.05. The van der Waals surface area contributed by atoms with E-state index in [1.807, 2.05) is 54.6 Å². The first-order valence-corrected chi connectivity index (χ1v) is 9.14. The average Bonchev–Trinajstić information content (AvgIpc) is 2.78. The summed E-state index contributed by atoms with van der Waals surface area (Å²) in [4.78, 5) is 0. The van der Waals surface area contributed by atoms with Gasteiger partial charge in [0.15, 0.2) is 0 Å². The Morgan fingerprint density at radius 3 is 1.86 bits per heavy atom. The minimum atomic E-state index is 0.787. The van der Waals surface area contributed by atoms with Gasteiger partial charge in [0.2, 0.25) is 0 Å². The Morgan fingerprint density at radius 1 is 0.500 bits per heavy atom. The van der Waals surface area contributed by atoms with Crippen LogP contribution in [-0.4, -0.2) is 21.3 Å². The molecule has 0 saturated heterocycles. The van der Waals surface area contributed by atoms with Crippen molar-refractivity contribution in [2.45, 2.75) is 0 Å². The van der Waals surface area contributed by atoms with Gasteiger partial charge in [-0.2, -0.15) is 0 Å². The molecule has 4 aromatic rings. The summed E-state index contributed by atoms with van der Waals surface area (Å²) in [6.45, 7) is 0. The molecular weight excluding hydrogens is 348 g/mol. The van der Waals surface area contributed by atoms with Crippen LogP contribution in [0.4, 0.5) is 0 Å². The summed E-state index contributed by atoms with van der Waals surface area (Å²) in [5.74, 6) is 2.40. The van der Waals surface area contributed by atoms with E-state index in [-0.39, 0.29) is 0 Å². The van der Waals surface area contributed by atoms with Gasteiger partial charge in [-0.25, -0.2) is 0 Å². The summed E-state index contributed by atoms with van der Waals surface area (Å²) >= 11 is 0. The number of ether oxygens (including phenoxy) is 3. The Balaban J connectivity index is 2.01. The highest BCUT2D eigenvalue weighted by atomic mass is 16.5. The topological polar surface area (TPSA) is 27.7 Å². The van der Waals surface area contributed by atoms with Gasteiger partial charge >= 0.3 is 0 Å². The maximum Gasteiger partial charge on any atom is 0.134 e. The lowest BCUT2D eigenvalue weighted by atomic mass is 9.95. The normalized spacial score (nSPS) is 10.7. The standard InChI is InChI=1S/C25H22O3/c1-26-23-14-13-18(17-9-5-4-6-10-17)15-21(23)22-16-24(27-2)19-11-7-8-12-20(19)25(22)28-3/h4-16H,1-3H3. The molecule has 3 nitrogen and oxygen atoms in total. The van der Waals surface area contributed by atoms with Crippen molar-refractivity contribution < 1.29 is 14.2 Å². The van der Waals surface area contributed by atoms with Crippen LogP contribution >= 0.6 is 0 Å². The molecule has 0 amide bonds. The highest BCUT2D eigenvalue weighted by molar-refractivity contribution is 6.00. The van der Waals surface area contributed by atoms with Crippen LogP contribution in [-0.2, 0) is 0 Å². The summed E-state index contributed by atoms with van der Waals surface area (Å²) in [5, 5.41) is 2.02. The number of methoxy groups -OCH3 is 3. The summed E-state index contributed by atoms with van der Waals surface area (Å²) in [6, 6.07) is 26.6. The molecule has 3 heteroatoms. The summed E-state index contributed by atoms with van der Waals surface area (Å²) < 4.78 is 17.2. The third-order valence-corrected chi connectivity index (χ3v) is 4.98. The Kier molecular flexibility index (Phi) is 4.90. The molecule has 0 radical (unpaired) electrons. The number of hydrogen-bond donors (Lipinski definition) is 0. The van der Waals surface area contributed by atoms with Gasteiger partial charge in [0, 0.05) is 21.9 Å². The van der Waals surface area contributed by atoms with Crippen LogP contribution in [0.5, 0.6) is 17.2 Å². The summed E-state index contributed by atoms with van der Waals surface area (Å²) in [5.41, 5.74) is 4.17. The third-order valence-electron chi connectivity index (χ3n) is 4.98. The minimum Gasteiger partial charge on any atom is -0.496 e. The van der Waals surface area contributed by atoms with Crippen LogP contribution in [0.2, 0.25) is 0 Å². The molecule has 140 valence electrons. The molecule has 0 aliphatic heterocycles. The fourth-order valence-electron chi connectivity index (χ4n) is 3.63. The highest BCUT2D eigenvalue weighted by Crippen LogP contribution is 2.45. The Hall–Kier alpha value is -3.46. The van der Waals surface area contributed by atoms with E-state index < -0.39 is 0 Å². The molecular formula is C25H22O3. The van der Waals surface area contributed by atoms with Crippen molar-refractivity contribution >= 4 is 10.8 Å². The summed E-state index contributed by atoms with van der Waals surface area (Å²) in [6.07, 6.45) is 0. The van der Waals surface area contributed by atoms with Crippen molar-refractivity contribution in [2.75, 3.05) is 21.3 Å². The van der Waals surface area contributed by atoms with Crippen molar-refractivity contribution in [1.82, 2.24) is 0 Å². The van der Waals surface area contributed by atoms with E-state index >= 15 is 0 Å². The monoisotopic (exact) mass is 370 g/mol. The zero-order chi connectivity index (χ0) is 19.5. The van der Waals surface area contributed by atoms with E-state index in [4.69, 9.17) is 14.2 Å². The first-order valence-electron chi connectivity index (χ1n) is 9.14. The number of rotatable bonds is 5. The van der Waals surface area contributed by atoms with E-state index in [9.17, 15) is 0 Å². The molecule has 0 heterocycles. The lowest BCUT2D eigenvalue weighted by molar-refractivity contribution is 0.408. The molecule has 0 unspecified atom stereocenters. The molecule has 4 aromatic carbocycles. The Bertz CT molecular complexity index is 1120. The van der Waals surface area contributed by atoms with Gasteiger partial charge in [0.05, 0.1) is 21.3 Å². The van der Waals surface area contributed by atoms with E-state index in [0.29, 0.717) is 0 Å². The van der Waals surface area contributed by atoms with Crippen LogP contribution in [0.1, 0.15) is 0 Å². The first-order chi connectivity index (χ1) is 13.8. The quantitative estimate of drug-likeness (QED) is 0.419. The Labute approximate surface area is 165 Å². The second kappa shape index (κ2) is 7.65. The van der Waals surface area contributed by atoms with Crippen LogP contribution in [0.25, 0.3) is 33.0 Å². The van der Waals surface area contributed by atoms with E-state index in [0.717, 1.165) is 50.3 Å². The first kappa shape index (κ1) is 17.9. The predicted octanol–water partition coefficient (Wildman–Crippen LogP) is 6.20. The van der Waals surface area contributed by atoms with E-state index in [2.05, 4.69) is 24.3 Å². The Morgan fingerprint density at radius 2 is 1.18 bits per heavy atom. The van der Waals surface area contributed by atoms with Crippen LogP contribution in [0.3, 0.4) is 0 Å². The molecule has 0 aliphatic carbocycles. The van der Waals surface area contributed by atoms with Gasteiger partial charge in [-0.1, -0.05) is 60.7 Å². The van der Waals surface area contributed by atoms with Crippen LogP contribution in [0.15, 0.2) is 78.9 Å². The van der Waals surface area contributed by atoms with Gasteiger partial charge < -0.3 is 14.2 Å². The lowest BCUT2D eigenvalue weighted by Crippen LogP contribution is -1.96. The van der Waals surface area contributed by atoms with Crippen molar-refractivity contribution in [2.24, 2.45) is 0 Å². The molecule has 28 heavy (non-hydrogen) atoms. The second-order valence-electron chi connectivity index (χ2n) is 6.49. The van der Waals surface area contributed by atoms with Gasteiger partial charge in [-0.05, 0) is 29.3 Å². The van der Waals surface area contributed by atoms with Gasteiger partial charge in [0.25, 0.3) is 0 Å². The fraction of sp³-hybridized carbons (Fsp3) is 0.120. The molecule has 0 bridgehead atoms. The van der Waals surface area contributed by atoms with Crippen molar-refractivity contribution in [1.29, 1.82) is 0 Å². The zero-order valence-corrected chi connectivity index (χ0v) is 16.2. The summed E-state index contributed by atoms with van der Waals surface area (Å²) in [7, 11) is 5.08. The fourth-order valence-corrected chi connectivity index (χ4v) is 3.63. The lowest BCUT2D eigenvalue weighted by Gasteiger charge is -2.18. The van der Waals surface area contributed by atoms with Gasteiger partial charge in [-0.3, -0.25) is 0 Å². The number of hydrogen-bond acceptors (Lipinski definition) is 3. The highest BCUT2D eigenvalue weighted by Gasteiger charge is 2.18. The molecule has 0 saturated carbocycles. The average molecular weight is 370 g/mol. The molecule has 0 atom stereocenters. The van der Waals surface area contributed by atoms with Gasteiger partial charge in [-0.15, -0.1) is 0 Å². The molecule has 0 N–H and O–H groups in total. The van der Waals surface area contributed by atoms with Crippen molar-refractivity contribution in [3.63, 3.8) is 0 Å². The molecule has 0 aromatic heterocycles. The molecule has 0 aliphatic rings. The number of fused-ring (bicyclic) bond motifs is 1. The minimum absolute atomic E-state index is 0.787. The largest absolute Gasteiger partial charge is 0.496 e. The van der Waals surface area contributed by atoms with Crippen molar-refractivity contribution in [3.8, 4) is 39.5 Å². The van der Waals surface area contributed by atoms with Crippen molar-refractivity contribution in [3.05, 3.63) is 78.9 Å². The molecule has 0 fully saturated rings. The van der Waals surface area contributed by atoms with Gasteiger partial charge in [0.1, 0.15) is 17.2 Å². The number of benzene rings is 4. The smallest absolute Gasteiger partial charge is 0.134 e. The second-order valence-corrected chi connectivity index (χ2v) is 6.49.